The second kappa shape index (κ2) is 2.99. The highest BCUT2D eigenvalue weighted by Crippen LogP contribution is 2.08. The summed E-state index contributed by atoms with van der Waals surface area (Å²) in [6.07, 6.45) is 1.44. The van der Waals surface area contributed by atoms with Gasteiger partial charge in [-0.25, -0.2) is 4.79 Å². The first-order valence-electron chi connectivity index (χ1n) is 3.92. The Morgan fingerprint density at radius 1 is 1.43 bits per heavy atom. The first-order valence-corrected chi connectivity index (χ1v) is 3.92. The maximum atomic E-state index is 11.1. The number of aryl methyl sites for hydroxylation is 1. The zero-order valence-corrected chi connectivity index (χ0v) is 7.33. The largest absolute Gasteiger partial charge is 0.361 e. The fraction of sp³-hybridized carbons (Fsp3) is 0.125. The van der Waals surface area contributed by atoms with Gasteiger partial charge >= 0.3 is 6.03 Å². The molecule has 6 heteroatoms. The van der Waals surface area contributed by atoms with Crippen LogP contribution < -0.4 is 10.6 Å². The summed E-state index contributed by atoms with van der Waals surface area (Å²) in [5, 5.41) is 8.08. The number of amides is 3. The van der Waals surface area contributed by atoms with E-state index in [1.165, 1.54) is 6.08 Å². The Hall–Kier alpha value is -2.11. The Morgan fingerprint density at radius 2 is 2.21 bits per heavy atom. The van der Waals surface area contributed by atoms with Gasteiger partial charge in [-0.1, -0.05) is 5.16 Å². The Labute approximate surface area is 78.9 Å². The van der Waals surface area contributed by atoms with Gasteiger partial charge in [-0.2, -0.15) is 0 Å². The van der Waals surface area contributed by atoms with Crippen LogP contribution in [0.5, 0.6) is 0 Å². The summed E-state index contributed by atoms with van der Waals surface area (Å²) in [5.74, 6) is 0.178. The normalized spacial score (nSPS) is 18.5. The van der Waals surface area contributed by atoms with Crippen molar-refractivity contribution in [3.05, 3.63) is 23.2 Å². The Morgan fingerprint density at radius 3 is 2.71 bits per heavy atom. The van der Waals surface area contributed by atoms with Crippen molar-refractivity contribution < 1.29 is 14.1 Å². The maximum Gasteiger partial charge on any atom is 0.326 e. The molecule has 0 atom stereocenters. The summed E-state index contributed by atoms with van der Waals surface area (Å²) < 4.78 is 4.80. The lowest BCUT2D eigenvalue weighted by molar-refractivity contribution is -0.115. The van der Waals surface area contributed by atoms with Crippen LogP contribution in [0.1, 0.15) is 11.5 Å². The molecule has 2 rings (SSSR count). The molecule has 1 aromatic heterocycles. The molecule has 1 aliphatic rings. The molecule has 0 aromatic carbocycles. The molecule has 0 bridgehead atoms. The Kier molecular flexibility index (Phi) is 1.81. The predicted molar refractivity (Wildman–Crippen MR) is 45.9 cm³/mol. The van der Waals surface area contributed by atoms with Crippen molar-refractivity contribution in [3.8, 4) is 0 Å². The van der Waals surface area contributed by atoms with Gasteiger partial charge in [0.1, 0.15) is 17.2 Å². The highest BCUT2D eigenvalue weighted by Gasteiger charge is 2.23. The van der Waals surface area contributed by atoms with Crippen LogP contribution >= 0.6 is 0 Å². The average molecular weight is 193 g/mol. The number of carbonyl (C=O) groups is 2. The number of nitrogens with one attached hydrogen (secondary N) is 2. The smallest absolute Gasteiger partial charge is 0.326 e. The number of rotatable bonds is 1. The third-order valence-electron chi connectivity index (χ3n) is 1.66. The molecule has 1 saturated heterocycles. The van der Waals surface area contributed by atoms with Crippen molar-refractivity contribution in [3.63, 3.8) is 0 Å². The second-order valence-corrected chi connectivity index (χ2v) is 2.83. The van der Waals surface area contributed by atoms with Gasteiger partial charge in [0.2, 0.25) is 0 Å². The number of aromatic nitrogens is 1. The minimum atomic E-state index is -0.526. The van der Waals surface area contributed by atoms with Crippen molar-refractivity contribution in [1.82, 2.24) is 15.8 Å². The number of carbonyl (C=O) groups excluding carboxylic acids is 2. The fourth-order valence-corrected chi connectivity index (χ4v) is 1.08. The van der Waals surface area contributed by atoms with Gasteiger partial charge < -0.3 is 9.84 Å². The molecule has 6 nitrogen and oxygen atoms in total. The molecule has 1 aromatic rings. The minimum absolute atomic E-state index is 0.170. The molecule has 14 heavy (non-hydrogen) atoms. The zero-order chi connectivity index (χ0) is 10.1. The van der Waals surface area contributed by atoms with E-state index in [4.69, 9.17) is 4.52 Å². The van der Waals surface area contributed by atoms with E-state index in [9.17, 15) is 9.59 Å². The van der Waals surface area contributed by atoms with E-state index < -0.39 is 11.9 Å². The second-order valence-electron chi connectivity index (χ2n) is 2.83. The summed E-state index contributed by atoms with van der Waals surface area (Å²) >= 11 is 0. The summed E-state index contributed by atoms with van der Waals surface area (Å²) in [7, 11) is 0. The number of hydrogen-bond donors (Lipinski definition) is 2. The molecule has 0 radical (unpaired) electrons. The SMILES string of the molecule is Cc1cc(/C=C2/NC(=O)NC2=O)no1. The van der Waals surface area contributed by atoms with Crippen molar-refractivity contribution in [2.75, 3.05) is 0 Å². The van der Waals surface area contributed by atoms with Crippen LogP contribution in [0.25, 0.3) is 6.08 Å². The Balaban J connectivity index is 2.27. The van der Waals surface area contributed by atoms with E-state index in [0.29, 0.717) is 11.5 Å². The maximum absolute atomic E-state index is 11.1. The molecule has 1 fully saturated rings. The number of urea groups is 1. The molecule has 3 amide bonds. The molecule has 0 unspecified atom stereocenters. The summed E-state index contributed by atoms with van der Waals surface area (Å²) in [5.41, 5.74) is 0.665. The molecular formula is C8H7N3O3. The monoisotopic (exact) mass is 193 g/mol. The average Bonchev–Trinajstić information content (AvgIpc) is 2.61. The van der Waals surface area contributed by atoms with Crippen LogP contribution in [0.3, 0.4) is 0 Å². The Bertz CT molecular complexity index is 433. The lowest BCUT2D eigenvalue weighted by atomic mass is 10.3. The lowest BCUT2D eigenvalue weighted by Gasteiger charge is -1.88. The molecule has 2 heterocycles. The van der Waals surface area contributed by atoms with Crippen molar-refractivity contribution >= 4 is 18.0 Å². The number of nitrogens with zero attached hydrogens (tertiary/aromatic N) is 1. The molecule has 72 valence electrons. The van der Waals surface area contributed by atoms with Crippen LogP contribution in [-0.2, 0) is 4.79 Å². The third-order valence-corrected chi connectivity index (χ3v) is 1.66. The van der Waals surface area contributed by atoms with Crippen LogP contribution in [0.15, 0.2) is 16.3 Å². The summed E-state index contributed by atoms with van der Waals surface area (Å²) in [6.45, 7) is 1.74. The van der Waals surface area contributed by atoms with E-state index in [1.807, 2.05) is 0 Å². The van der Waals surface area contributed by atoms with Gasteiger partial charge in [0.25, 0.3) is 5.91 Å². The molecule has 1 aliphatic heterocycles. The summed E-state index contributed by atoms with van der Waals surface area (Å²) in [4.78, 5) is 21.8. The predicted octanol–water partition coefficient (Wildman–Crippen LogP) is 0.163. The van der Waals surface area contributed by atoms with Gasteiger partial charge in [-0.15, -0.1) is 0 Å². The molecule has 0 saturated carbocycles. The van der Waals surface area contributed by atoms with E-state index in [-0.39, 0.29) is 5.70 Å². The molecular weight excluding hydrogens is 186 g/mol. The van der Waals surface area contributed by atoms with Crippen LogP contribution in [0, 0.1) is 6.92 Å². The van der Waals surface area contributed by atoms with Crippen molar-refractivity contribution in [2.24, 2.45) is 0 Å². The van der Waals surface area contributed by atoms with E-state index in [1.54, 1.807) is 13.0 Å². The van der Waals surface area contributed by atoms with E-state index in [0.717, 1.165) is 0 Å². The lowest BCUT2D eigenvalue weighted by Crippen LogP contribution is -2.22. The molecule has 0 spiro atoms. The van der Waals surface area contributed by atoms with Gasteiger partial charge in [0.05, 0.1) is 0 Å². The first-order chi connectivity index (χ1) is 6.65. The third kappa shape index (κ3) is 1.49. The fourth-order valence-electron chi connectivity index (χ4n) is 1.08. The zero-order valence-electron chi connectivity index (χ0n) is 7.33. The van der Waals surface area contributed by atoms with E-state index >= 15 is 0 Å². The molecule has 2 N–H and O–H groups in total. The highest BCUT2D eigenvalue weighted by molar-refractivity contribution is 6.13. The van der Waals surface area contributed by atoms with Crippen LogP contribution in [0.2, 0.25) is 0 Å². The van der Waals surface area contributed by atoms with Gasteiger partial charge in [-0.05, 0) is 13.0 Å². The topological polar surface area (TPSA) is 84.2 Å². The van der Waals surface area contributed by atoms with Crippen molar-refractivity contribution in [1.29, 1.82) is 0 Å². The van der Waals surface area contributed by atoms with Crippen molar-refractivity contribution in [2.45, 2.75) is 6.92 Å². The van der Waals surface area contributed by atoms with E-state index in [2.05, 4.69) is 15.8 Å². The highest BCUT2D eigenvalue weighted by atomic mass is 16.5. The van der Waals surface area contributed by atoms with Crippen LogP contribution in [-0.4, -0.2) is 17.1 Å². The number of imide groups is 1. The summed E-state index contributed by atoms with van der Waals surface area (Å²) in [6, 6.07) is 1.13. The van der Waals surface area contributed by atoms with Gasteiger partial charge in [0.15, 0.2) is 0 Å². The quantitative estimate of drug-likeness (QED) is 0.491. The minimum Gasteiger partial charge on any atom is -0.361 e. The number of hydrogen-bond acceptors (Lipinski definition) is 4. The standard InChI is InChI=1S/C8H7N3O3/c1-4-2-5(11-14-4)3-6-7(12)10-8(13)9-6/h2-3H,1H3,(H2,9,10,12,13)/b6-3+. The van der Waals surface area contributed by atoms with Gasteiger partial charge in [0, 0.05) is 6.07 Å². The van der Waals surface area contributed by atoms with Crippen LogP contribution in [0.4, 0.5) is 4.79 Å². The van der Waals surface area contributed by atoms with Gasteiger partial charge in [-0.3, -0.25) is 10.1 Å². The molecule has 0 aliphatic carbocycles. The first kappa shape index (κ1) is 8.49.